The van der Waals surface area contributed by atoms with Gasteiger partial charge in [0.2, 0.25) is 11.8 Å². The zero-order chi connectivity index (χ0) is 26.6. The number of fused-ring (bicyclic) bond motifs is 3. The van der Waals surface area contributed by atoms with Crippen LogP contribution in [0.15, 0.2) is 59.7 Å². The molecule has 2 saturated heterocycles. The van der Waals surface area contributed by atoms with Crippen molar-refractivity contribution in [3.8, 4) is 5.75 Å². The number of hydrogen-bond acceptors (Lipinski definition) is 7. The predicted octanol–water partition coefficient (Wildman–Crippen LogP) is 3.88. The van der Waals surface area contributed by atoms with Gasteiger partial charge in [0.05, 0.1) is 34.2 Å². The molecule has 0 N–H and O–H groups in total. The van der Waals surface area contributed by atoms with E-state index in [1.807, 2.05) is 0 Å². The van der Waals surface area contributed by atoms with E-state index in [0.29, 0.717) is 11.0 Å². The van der Waals surface area contributed by atoms with Crippen LogP contribution in [0.2, 0.25) is 5.02 Å². The second-order valence-electron chi connectivity index (χ2n) is 8.67. The number of ketones is 1. The first kappa shape index (κ1) is 24.7. The Morgan fingerprint density at radius 1 is 1.03 bits per heavy atom. The van der Waals surface area contributed by atoms with Crippen LogP contribution in [-0.2, 0) is 20.6 Å². The normalized spacial score (nSPS) is 24.4. The summed E-state index contributed by atoms with van der Waals surface area (Å²) in [6, 6.07) is 6.50. The summed E-state index contributed by atoms with van der Waals surface area (Å²) in [7, 11) is 0. The lowest BCUT2D eigenvalue weighted by molar-refractivity contribution is -0.137. The summed E-state index contributed by atoms with van der Waals surface area (Å²) < 4.78 is 45.3. The van der Waals surface area contributed by atoms with Crippen molar-refractivity contribution < 1.29 is 37.1 Å². The number of amides is 2. The van der Waals surface area contributed by atoms with E-state index in [9.17, 15) is 32.3 Å². The summed E-state index contributed by atoms with van der Waals surface area (Å²) in [4.78, 5) is 52.5. The standard InChI is InChI=1S/C25H17ClF3N3O5/c1-12(33)37-15-7-4-13(5-8-15)22(34)21-20-19(18-3-2-10-30-32(18)21)23(35)31(24(20)36)14-6-9-17(26)16(11-14)25(27,28)29/h2-11,18-21H,1H3/t18-,19-,20-,21+/m1/s1. The molecule has 0 spiro atoms. The molecule has 4 atom stereocenters. The number of rotatable bonds is 4. The molecule has 0 aliphatic carbocycles. The Balaban J connectivity index is 1.53. The number of halogens is 4. The molecule has 2 aromatic rings. The van der Waals surface area contributed by atoms with Crippen LogP contribution in [0.3, 0.4) is 0 Å². The van der Waals surface area contributed by atoms with E-state index >= 15 is 0 Å². The number of hydrazone groups is 1. The Bertz CT molecular complexity index is 1390. The fourth-order valence-electron chi connectivity index (χ4n) is 4.99. The van der Waals surface area contributed by atoms with Gasteiger partial charge in [-0.3, -0.25) is 24.2 Å². The molecular formula is C25H17ClF3N3O5. The van der Waals surface area contributed by atoms with Gasteiger partial charge >= 0.3 is 12.1 Å². The van der Waals surface area contributed by atoms with Gasteiger partial charge in [0, 0.05) is 18.7 Å². The molecule has 3 heterocycles. The fraction of sp³-hybridized carbons (Fsp3) is 0.240. The van der Waals surface area contributed by atoms with Crippen molar-refractivity contribution in [1.82, 2.24) is 5.01 Å². The van der Waals surface area contributed by atoms with Crippen LogP contribution >= 0.6 is 11.6 Å². The molecule has 3 aliphatic heterocycles. The first-order valence-corrected chi connectivity index (χ1v) is 11.4. The molecule has 0 aromatic heterocycles. The highest BCUT2D eigenvalue weighted by atomic mass is 35.5. The highest BCUT2D eigenvalue weighted by Gasteiger charge is 2.64. The Kier molecular flexibility index (Phi) is 5.90. The second kappa shape index (κ2) is 8.84. The molecule has 0 saturated carbocycles. The number of esters is 1. The van der Waals surface area contributed by atoms with Crippen molar-refractivity contribution in [2.45, 2.75) is 25.2 Å². The third-order valence-corrected chi connectivity index (χ3v) is 6.80. The number of carbonyl (C=O) groups excluding carboxylic acids is 4. The lowest BCUT2D eigenvalue weighted by atomic mass is 9.86. The van der Waals surface area contributed by atoms with Gasteiger partial charge in [0.1, 0.15) is 11.8 Å². The third-order valence-electron chi connectivity index (χ3n) is 6.47. The molecule has 2 aromatic carbocycles. The van der Waals surface area contributed by atoms with Crippen LogP contribution in [0.1, 0.15) is 22.8 Å². The van der Waals surface area contributed by atoms with Gasteiger partial charge in [-0.05, 0) is 48.5 Å². The minimum atomic E-state index is -4.80. The number of nitrogens with zero attached hydrogens (tertiary/aromatic N) is 3. The molecule has 8 nitrogen and oxygen atoms in total. The number of hydrogen-bond donors (Lipinski definition) is 0. The average molecular weight is 532 g/mol. The molecule has 12 heteroatoms. The topological polar surface area (TPSA) is 96.3 Å². The van der Waals surface area contributed by atoms with Crippen molar-refractivity contribution in [2.75, 3.05) is 4.90 Å². The SMILES string of the molecule is CC(=O)Oc1ccc(C(=O)[C@@H]2[C@@H]3C(=O)N(c4ccc(Cl)c(C(F)(F)F)c4)C(=O)[C@@H]3[C@H]3C=CC=NN32)cc1. The summed E-state index contributed by atoms with van der Waals surface area (Å²) in [6.07, 6.45) is -0.185. The van der Waals surface area contributed by atoms with Gasteiger partial charge in [-0.2, -0.15) is 18.3 Å². The minimum absolute atomic E-state index is 0.176. The van der Waals surface area contributed by atoms with E-state index in [0.717, 1.165) is 12.1 Å². The van der Waals surface area contributed by atoms with E-state index in [1.54, 1.807) is 12.2 Å². The number of carbonyl (C=O) groups is 4. The Morgan fingerprint density at radius 2 is 1.70 bits per heavy atom. The number of alkyl halides is 3. The molecule has 3 aliphatic rings. The van der Waals surface area contributed by atoms with Gasteiger partial charge in [-0.1, -0.05) is 17.7 Å². The molecule has 190 valence electrons. The lowest BCUT2D eigenvalue weighted by Crippen LogP contribution is -2.46. The highest BCUT2D eigenvalue weighted by molar-refractivity contribution is 6.32. The molecule has 0 bridgehead atoms. The Hall–Kier alpha value is -3.99. The van der Waals surface area contributed by atoms with Crippen LogP contribution in [-0.4, -0.2) is 46.9 Å². The monoisotopic (exact) mass is 531 g/mol. The number of imide groups is 1. The van der Waals surface area contributed by atoms with Crippen LogP contribution in [0.25, 0.3) is 0 Å². The maximum Gasteiger partial charge on any atom is 0.417 e. The number of allylic oxidation sites excluding steroid dienone is 1. The third kappa shape index (κ3) is 4.08. The zero-order valence-corrected chi connectivity index (χ0v) is 19.7. The van der Waals surface area contributed by atoms with Crippen LogP contribution in [0, 0.1) is 11.8 Å². The second-order valence-corrected chi connectivity index (χ2v) is 9.08. The first-order chi connectivity index (χ1) is 17.5. The number of ether oxygens (including phenoxy) is 1. The molecule has 0 radical (unpaired) electrons. The predicted molar refractivity (Wildman–Crippen MR) is 125 cm³/mol. The molecule has 5 rings (SSSR count). The van der Waals surface area contributed by atoms with Crippen molar-refractivity contribution in [3.05, 3.63) is 70.8 Å². The zero-order valence-electron chi connectivity index (χ0n) is 19.0. The van der Waals surface area contributed by atoms with Gasteiger partial charge in [-0.15, -0.1) is 0 Å². The van der Waals surface area contributed by atoms with Crippen molar-refractivity contribution in [1.29, 1.82) is 0 Å². The van der Waals surface area contributed by atoms with Gasteiger partial charge in [0.25, 0.3) is 0 Å². The molecule has 2 amide bonds. The van der Waals surface area contributed by atoms with Crippen molar-refractivity contribution in [2.24, 2.45) is 16.9 Å². The molecule has 2 fully saturated rings. The van der Waals surface area contributed by atoms with Gasteiger partial charge in [-0.25, -0.2) is 4.90 Å². The number of anilines is 1. The molecule has 37 heavy (non-hydrogen) atoms. The summed E-state index contributed by atoms with van der Waals surface area (Å²) in [6.45, 7) is 1.23. The fourth-order valence-corrected chi connectivity index (χ4v) is 5.21. The number of benzene rings is 2. The summed E-state index contributed by atoms with van der Waals surface area (Å²) in [5.41, 5.74) is -1.30. The van der Waals surface area contributed by atoms with E-state index < -0.39 is 64.2 Å². The summed E-state index contributed by atoms with van der Waals surface area (Å²) >= 11 is 5.71. The van der Waals surface area contributed by atoms with Gasteiger partial charge in [0.15, 0.2) is 5.78 Å². The van der Waals surface area contributed by atoms with Crippen LogP contribution in [0.5, 0.6) is 5.75 Å². The average Bonchev–Trinajstić information content (AvgIpc) is 3.31. The Morgan fingerprint density at radius 3 is 2.35 bits per heavy atom. The lowest BCUT2D eigenvalue weighted by Gasteiger charge is -2.30. The van der Waals surface area contributed by atoms with E-state index in [1.165, 1.54) is 42.4 Å². The van der Waals surface area contributed by atoms with Crippen molar-refractivity contribution in [3.63, 3.8) is 0 Å². The maximum absolute atomic E-state index is 13.6. The largest absolute Gasteiger partial charge is 0.427 e. The van der Waals surface area contributed by atoms with Crippen molar-refractivity contribution >= 4 is 47.1 Å². The van der Waals surface area contributed by atoms with Gasteiger partial charge < -0.3 is 4.74 Å². The smallest absolute Gasteiger partial charge is 0.417 e. The highest BCUT2D eigenvalue weighted by Crippen LogP contribution is 2.47. The summed E-state index contributed by atoms with van der Waals surface area (Å²) in [5, 5.41) is 5.04. The van der Waals surface area contributed by atoms with E-state index in [2.05, 4.69) is 5.10 Å². The van der Waals surface area contributed by atoms with E-state index in [-0.39, 0.29) is 17.0 Å². The number of Topliss-reactive ketones (excluding diaryl/α,β-unsaturated/α-hetero) is 1. The molecular weight excluding hydrogens is 515 g/mol. The van der Waals surface area contributed by atoms with E-state index in [4.69, 9.17) is 16.3 Å². The molecule has 0 unspecified atom stereocenters. The quantitative estimate of drug-likeness (QED) is 0.257. The minimum Gasteiger partial charge on any atom is -0.427 e. The Labute approximate surface area is 212 Å². The van der Waals surface area contributed by atoms with Crippen LogP contribution < -0.4 is 9.64 Å². The van der Waals surface area contributed by atoms with Crippen LogP contribution in [0.4, 0.5) is 18.9 Å². The first-order valence-electron chi connectivity index (χ1n) is 11.1. The maximum atomic E-state index is 13.6. The summed E-state index contributed by atoms with van der Waals surface area (Å²) in [5.74, 6) is -4.62.